The molecular weight excluding hydrogens is 371 g/mol. The molecule has 0 N–H and O–H groups in total. The van der Waals surface area contributed by atoms with Crippen LogP contribution in [0.1, 0.15) is 106 Å². The van der Waals surface area contributed by atoms with E-state index in [1.54, 1.807) is 25.7 Å². The predicted molar refractivity (Wildman–Crippen MR) is 133 cm³/mol. The van der Waals surface area contributed by atoms with Crippen LogP contribution in [0.2, 0.25) is 12.6 Å². The number of hydrogen-bond acceptors (Lipinski definition) is 0. The zero-order valence-electron chi connectivity index (χ0n) is 21.7. The summed E-state index contributed by atoms with van der Waals surface area (Å²) in [4.78, 5) is 0. The van der Waals surface area contributed by atoms with Crippen molar-refractivity contribution in [3.8, 4) is 0 Å². The van der Waals surface area contributed by atoms with Gasteiger partial charge < -0.3 is 0 Å². The van der Waals surface area contributed by atoms with Crippen LogP contribution in [0, 0.1) is 69.0 Å². The normalized spacial score (nSPS) is 55.8. The minimum atomic E-state index is 0.595. The van der Waals surface area contributed by atoms with E-state index in [4.69, 9.17) is 0 Å². The lowest BCUT2D eigenvalue weighted by Crippen LogP contribution is -2.36. The molecule has 2 unspecified atom stereocenters. The zero-order chi connectivity index (χ0) is 21.8. The first-order valence-electron chi connectivity index (χ1n) is 14.4. The van der Waals surface area contributed by atoms with Crippen molar-refractivity contribution in [1.82, 2.24) is 0 Å². The fraction of sp³-hybridized carbons (Fsp3) is 1.00. The molecule has 173 valence electrons. The van der Waals surface area contributed by atoms with Gasteiger partial charge in [0.2, 0.25) is 0 Å². The molecule has 6 aliphatic carbocycles. The van der Waals surface area contributed by atoms with Gasteiger partial charge in [-0.15, -0.1) is 0 Å². The monoisotopic (exact) mass is 421 g/mol. The highest BCUT2D eigenvalue weighted by atomic mass is 14.7. The summed E-state index contributed by atoms with van der Waals surface area (Å²) in [5.74, 6) is 8.22. The average molecular weight is 422 g/mol. The molecule has 10 atom stereocenters. The van der Waals surface area contributed by atoms with Crippen molar-refractivity contribution in [2.75, 3.05) is 0 Å². The van der Waals surface area contributed by atoms with E-state index in [9.17, 15) is 0 Å². The standard InChI is InChI=1S/C30H50B/c1-27(2)13-7-15-29(5)21-11-9-19(25(21)27)23(29)17-31-18-24-20-10-12-22-26(20)28(3,4)14-8-16-30(22,24)6/h19-26H,7-18H2,1-6H3/t19-,20-,21+,22+,23?,24?,25-,26-,29-,30+/m0/s1. The van der Waals surface area contributed by atoms with E-state index in [0.717, 1.165) is 47.3 Å². The fourth-order valence-electron chi connectivity index (χ4n) is 12.5. The van der Waals surface area contributed by atoms with Crippen molar-refractivity contribution in [3.05, 3.63) is 0 Å². The number of rotatable bonds is 4. The molecule has 0 heterocycles. The summed E-state index contributed by atoms with van der Waals surface area (Å²) >= 11 is 0. The summed E-state index contributed by atoms with van der Waals surface area (Å²) in [6, 6.07) is 0. The van der Waals surface area contributed by atoms with Crippen LogP contribution >= 0.6 is 0 Å². The van der Waals surface area contributed by atoms with E-state index in [1.165, 1.54) is 51.2 Å². The lowest BCUT2D eigenvalue weighted by Gasteiger charge is -2.44. The molecule has 0 spiro atoms. The SMILES string of the molecule is CC1(C)CCC[C@@]2(C)C(C[B]CC3[C@@H]4CC[C@@H]5[C@H]4C(C)(C)CCC[C@]35C)[C@@H]3CC[C@@H]2[C@H]31. The Bertz CT molecular complexity index is 662. The molecule has 6 saturated carbocycles. The van der Waals surface area contributed by atoms with Crippen molar-refractivity contribution >= 4 is 7.28 Å². The molecule has 31 heavy (non-hydrogen) atoms. The molecule has 0 saturated heterocycles. The Morgan fingerprint density at radius 3 is 1.42 bits per heavy atom. The predicted octanol–water partition coefficient (Wildman–Crippen LogP) is 8.50. The molecule has 6 rings (SSSR count). The van der Waals surface area contributed by atoms with Gasteiger partial charge in [-0.3, -0.25) is 0 Å². The Morgan fingerprint density at radius 2 is 1.00 bits per heavy atom. The Kier molecular flexibility index (Phi) is 4.74. The van der Waals surface area contributed by atoms with Crippen LogP contribution in [0.4, 0.5) is 0 Å². The highest BCUT2D eigenvalue weighted by Crippen LogP contribution is 2.73. The summed E-state index contributed by atoms with van der Waals surface area (Å²) in [6.45, 7) is 16.0. The van der Waals surface area contributed by atoms with Crippen LogP contribution in [0.3, 0.4) is 0 Å². The van der Waals surface area contributed by atoms with Gasteiger partial charge in [-0.25, -0.2) is 0 Å². The Balaban J connectivity index is 1.18. The Hall–Kier alpha value is 0.0649. The van der Waals surface area contributed by atoms with E-state index in [2.05, 4.69) is 48.8 Å². The van der Waals surface area contributed by atoms with E-state index in [-0.39, 0.29) is 0 Å². The second kappa shape index (κ2) is 6.81. The second-order valence-electron chi connectivity index (χ2n) is 15.4. The van der Waals surface area contributed by atoms with Crippen molar-refractivity contribution in [2.45, 2.75) is 118 Å². The molecule has 0 amide bonds. The van der Waals surface area contributed by atoms with Gasteiger partial charge in [0.25, 0.3) is 0 Å². The maximum Gasteiger partial charge on any atom is 0.110 e. The van der Waals surface area contributed by atoms with Crippen LogP contribution in [0.5, 0.6) is 0 Å². The van der Waals surface area contributed by atoms with Crippen LogP contribution in [-0.4, -0.2) is 7.28 Å². The molecule has 1 heteroatoms. The van der Waals surface area contributed by atoms with Gasteiger partial charge in [-0.2, -0.15) is 0 Å². The third-order valence-electron chi connectivity index (χ3n) is 13.6. The molecule has 0 nitrogen and oxygen atoms in total. The summed E-state index contributed by atoms with van der Waals surface area (Å²) in [5.41, 5.74) is 2.51. The fourth-order valence-corrected chi connectivity index (χ4v) is 12.5. The first kappa shape index (κ1) is 21.6. The van der Waals surface area contributed by atoms with Crippen LogP contribution in [0.25, 0.3) is 0 Å². The third-order valence-corrected chi connectivity index (χ3v) is 13.6. The van der Waals surface area contributed by atoms with Gasteiger partial charge in [0.1, 0.15) is 7.28 Å². The first-order valence-corrected chi connectivity index (χ1v) is 14.4. The van der Waals surface area contributed by atoms with Gasteiger partial charge >= 0.3 is 0 Å². The lowest BCUT2D eigenvalue weighted by molar-refractivity contribution is 0.0939. The topological polar surface area (TPSA) is 0 Å². The van der Waals surface area contributed by atoms with Crippen molar-refractivity contribution in [2.24, 2.45) is 69.0 Å². The molecule has 8 bridgehead atoms. The quantitative estimate of drug-likeness (QED) is 0.399. The zero-order valence-corrected chi connectivity index (χ0v) is 21.7. The molecular formula is C30H50B. The molecule has 0 aromatic carbocycles. The molecule has 0 aliphatic heterocycles. The highest BCUT2D eigenvalue weighted by molar-refractivity contribution is 6.35. The van der Waals surface area contributed by atoms with Crippen LogP contribution in [0.15, 0.2) is 0 Å². The maximum absolute atomic E-state index is 2.88. The van der Waals surface area contributed by atoms with E-state index >= 15 is 0 Å². The number of hydrogen-bond donors (Lipinski definition) is 0. The van der Waals surface area contributed by atoms with Crippen LogP contribution < -0.4 is 0 Å². The first-order chi connectivity index (χ1) is 14.6. The minimum Gasteiger partial charge on any atom is -0.0767 e. The maximum atomic E-state index is 2.88. The van der Waals surface area contributed by atoms with E-state index in [1.807, 2.05) is 0 Å². The van der Waals surface area contributed by atoms with Crippen molar-refractivity contribution in [1.29, 1.82) is 0 Å². The highest BCUT2D eigenvalue weighted by Gasteiger charge is 2.66. The third kappa shape index (κ3) is 2.79. The molecule has 0 aromatic heterocycles. The summed E-state index contributed by atoms with van der Waals surface area (Å²) in [5, 5.41) is 0. The molecule has 1 radical (unpaired) electrons. The van der Waals surface area contributed by atoms with Gasteiger partial charge in [-0.05, 0) is 120 Å². The summed E-state index contributed by atoms with van der Waals surface area (Å²) < 4.78 is 0. The Morgan fingerprint density at radius 1 is 0.581 bits per heavy atom. The van der Waals surface area contributed by atoms with Gasteiger partial charge in [0.05, 0.1) is 0 Å². The molecule has 0 aromatic rings. The van der Waals surface area contributed by atoms with Gasteiger partial charge in [-0.1, -0.05) is 67.0 Å². The molecule has 6 fully saturated rings. The van der Waals surface area contributed by atoms with E-state index in [0.29, 0.717) is 21.7 Å². The van der Waals surface area contributed by atoms with Crippen LogP contribution in [-0.2, 0) is 0 Å². The smallest absolute Gasteiger partial charge is 0.0767 e. The summed E-state index contributed by atoms with van der Waals surface area (Å²) in [7, 11) is 2.88. The van der Waals surface area contributed by atoms with E-state index < -0.39 is 0 Å². The Labute approximate surface area is 194 Å². The summed E-state index contributed by atoms with van der Waals surface area (Å²) in [6.07, 6.45) is 18.1. The van der Waals surface area contributed by atoms with Gasteiger partial charge in [0, 0.05) is 0 Å². The molecule has 6 aliphatic rings. The van der Waals surface area contributed by atoms with Crippen molar-refractivity contribution < 1.29 is 0 Å². The average Bonchev–Trinajstić information content (AvgIpc) is 3.37. The minimum absolute atomic E-state index is 0.595. The van der Waals surface area contributed by atoms with Crippen molar-refractivity contribution in [3.63, 3.8) is 0 Å². The van der Waals surface area contributed by atoms with Gasteiger partial charge in [0.15, 0.2) is 0 Å². The largest absolute Gasteiger partial charge is 0.110 e. The second-order valence-corrected chi connectivity index (χ2v) is 15.4. The lowest BCUT2D eigenvalue weighted by atomic mass is 9.50.